The lowest BCUT2D eigenvalue weighted by atomic mass is 10.1. The SMILES string of the molecule is COc1ccc([N+](=O)[O-])cc1CN1CCCN(S(=O)(=O)c2ccc(C)cc2)CC1. The van der Waals surface area contributed by atoms with Crippen molar-refractivity contribution in [1.82, 2.24) is 9.21 Å². The first-order chi connectivity index (χ1) is 13.8. The molecule has 0 aliphatic carbocycles. The average molecular weight is 420 g/mol. The van der Waals surface area contributed by atoms with E-state index in [4.69, 9.17) is 4.74 Å². The standard InChI is InChI=1S/C20H25N3O5S/c1-16-4-7-19(8-5-16)29(26,27)22-11-3-10-21(12-13-22)15-17-14-18(23(24)25)6-9-20(17)28-2/h4-9,14H,3,10-13,15H2,1-2H3. The maximum absolute atomic E-state index is 12.9. The molecule has 0 saturated carbocycles. The van der Waals surface area contributed by atoms with Gasteiger partial charge in [-0.25, -0.2) is 8.42 Å². The van der Waals surface area contributed by atoms with Crippen molar-refractivity contribution in [3.63, 3.8) is 0 Å². The molecule has 3 rings (SSSR count). The van der Waals surface area contributed by atoms with E-state index in [1.807, 2.05) is 6.92 Å². The Morgan fingerprint density at radius 3 is 2.45 bits per heavy atom. The molecule has 0 N–H and O–H groups in total. The molecule has 0 amide bonds. The highest BCUT2D eigenvalue weighted by Crippen LogP contribution is 2.26. The number of hydrogen-bond donors (Lipinski definition) is 0. The van der Waals surface area contributed by atoms with Crippen molar-refractivity contribution in [3.05, 3.63) is 63.7 Å². The number of nitro groups is 1. The van der Waals surface area contributed by atoms with E-state index < -0.39 is 14.9 Å². The van der Waals surface area contributed by atoms with E-state index in [0.717, 1.165) is 11.1 Å². The predicted molar refractivity (Wildman–Crippen MR) is 109 cm³/mol. The van der Waals surface area contributed by atoms with Crippen LogP contribution in [0.25, 0.3) is 0 Å². The van der Waals surface area contributed by atoms with Crippen LogP contribution in [0.4, 0.5) is 5.69 Å². The average Bonchev–Trinajstić information content (AvgIpc) is 2.94. The lowest BCUT2D eigenvalue weighted by Crippen LogP contribution is -2.35. The summed E-state index contributed by atoms with van der Waals surface area (Å²) in [4.78, 5) is 13.1. The van der Waals surface area contributed by atoms with Crippen LogP contribution in [0.5, 0.6) is 5.75 Å². The highest BCUT2D eigenvalue weighted by atomic mass is 32.2. The zero-order chi connectivity index (χ0) is 21.0. The van der Waals surface area contributed by atoms with Crippen molar-refractivity contribution in [3.8, 4) is 5.75 Å². The third kappa shape index (κ3) is 4.92. The first-order valence-corrected chi connectivity index (χ1v) is 10.9. The van der Waals surface area contributed by atoms with Crippen molar-refractivity contribution in [2.24, 2.45) is 0 Å². The first kappa shape index (κ1) is 21.2. The monoisotopic (exact) mass is 419 g/mol. The van der Waals surface area contributed by atoms with Gasteiger partial charge in [0.25, 0.3) is 5.69 Å². The highest BCUT2D eigenvalue weighted by Gasteiger charge is 2.27. The molecule has 1 saturated heterocycles. The number of aryl methyl sites for hydroxylation is 1. The van der Waals surface area contributed by atoms with Gasteiger partial charge in [0, 0.05) is 43.9 Å². The van der Waals surface area contributed by atoms with Gasteiger partial charge >= 0.3 is 0 Å². The van der Waals surface area contributed by atoms with Crippen LogP contribution in [0.1, 0.15) is 17.5 Å². The first-order valence-electron chi connectivity index (χ1n) is 9.42. The minimum Gasteiger partial charge on any atom is -0.496 e. The molecule has 8 nitrogen and oxygen atoms in total. The fourth-order valence-electron chi connectivity index (χ4n) is 3.45. The van der Waals surface area contributed by atoms with Crippen molar-refractivity contribution in [2.45, 2.75) is 24.8 Å². The molecule has 9 heteroatoms. The summed E-state index contributed by atoms with van der Waals surface area (Å²) < 4.78 is 32.8. The Labute approximate surface area is 170 Å². The summed E-state index contributed by atoms with van der Waals surface area (Å²) >= 11 is 0. The number of sulfonamides is 1. The molecule has 0 bridgehead atoms. The molecule has 1 heterocycles. The highest BCUT2D eigenvalue weighted by molar-refractivity contribution is 7.89. The van der Waals surface area contributed by atoms with Crippen LogP contribution < -0.4 is 4.74 Å². The number of hydrogen-bond acceptors (Lipinski definition) is 6. The molecule has 0 spiro atoms. The summed E-state index contributed by atoms with van der Waals surface area (Å²) in [5.41, 5.74) is 1.74. The van der Waals surface area contributed by atoms with Gasteiger partial charge in [-0.3, -0.25) is 15.0 Å². The van der Waals surface area contributed by atoms with Crippen LogP contribution in [0.3, 0.4) is 0 Å². The second-order valence-electron chi connectivity index (χ2n) is 7.10. The maximum Gasteiger partial charge on any atom is 0.270 e. The third-order valence-electron chi connectivity index (χ3n) is 5.08. The second kappa shape index (κ2) is 8.89. The molecule has 0 radical (unpaired) electrons. The Hall–Kier alpha value is -2.49. The van der Waals surface area contributed by atoms with Crippen LogP contribution in [0, 0.1) is 17.0 Å². The molecule has 2 aromatic rings. The predicted octanol–water partition coefficient (Wildman–Crippen LogP) is 2.81. The minimum atomic E-state index is -3.54. The minimum absolute atomic E-state index is 0.0131. The fraction of sp³-hybridized carbons (Fsp3) is 0.400. The van der Waals surface area contributed by atoms with Crippen molar-refractivity contribution in [1.29, 1.82) is 0 Å². The molecular weight excluding hydrogens is 394 g/mol. The molecular formula is C20H25N3O5S. The van der Waals surface area contributed by atoms with Gasteiger partial charge in [-0.2, -0.15) is 4.31 Å². The molecule has 2 aromatic carbocycles. The second-order valence-corrected chi connectivity index (χ2v) is 9.04. The topological polar surface area (TPSA) is 93.0 Å². The third-order valence-corrected chi connectivity index (χ3v) is 6.99. The van der Waals surface area contributed by atoms with Crippen molar-refractivity contribution >= 4 is 15.7 Å². The summed E-state index contributed by atoms with van der Waals surface area (Å²) in [6.45, 7) is 4.43. The summed E-state index contributed by atoms with van der Waals surface area (Å²) in [6, 6.07) is 11.4. The Kier molecular flexibility index (Phi) is 6.51. The Morgan fingerprint density at radius 2 is 1.79 bits per heavy atom. The molecule has 1 fully saturated rings. The zero-order valence-corrected chi connectivity index (χ0v) is 17.4. The van der Waals surface area contributed by atoms with E-state index in [0.29, 0.717) is 49.8 Å². The van der Waals surface area contributed by atoms with Crippen LogP contribution in [-0.4, -0.2) is 55.8 Å². The molecule has 156 valence electrons. The van der Waals surface area contributed by atoms with Gasteiger partial charge in [0.05, 0.1) is 16.9 Å². The number of nitro benzene ring substituents is 1. The van der Waals surface area contributed by atoms with Crippen LogP contribution in [0.15, 0.2) is 47.4 Å². The van der Waals surface area contributed by atoms with E-state index in [1.165, 1.54) is 23.5 Å². The lowest BCUT2D eigenvalue weighted by molar-refractivity contribution is -0.385. The number of nitrogens with zero attached hydrogens (tertiary/aromatic N) is 3. The van der Waals surface area contributed by atoms with Gasteiger partial charge in [0.1, 0.15) is 5.75 Å². The lowest BCUT2D eigenvalue weighted by Gasteiger charge is -2.22. The number of ether oxygens (including phenoxy) is 1. The smallest absolute Gasteiger partial charge is 0.270 e. The number of methoxy groups -OCH3 is 1. The van der Waals surface area contributed by atoms with Gasteiger partial charge < -0.3 is 4.74 Å². The Balaban J connectivity index is 1.73. The van der Waals surface area contributed by atoms with E-state index in [9.17, 15) is 18.5 Å². The van der Waals surface area contributed by atoms with Crippen molar-refractivity contribution in [2.75, 3.05) is 33.3 Å². The van der Waals surface area contributed by atoms with Crippen LogP contribution in [0.2, 0.25) is 0 Å². The summed E-state index contributed by atoms with van der Waals surface area (Å²) in [7, 11) is -2.01. The molecule has 1 aliphatic heterocycles. The van der Waals surface area contributed by atoms with Gasteiger partial charge in [0.2, 0.25) is 10.0 Å². The van der Waals surface area contributed by atoms with Crippen LogP contribution >= 0.6 is 0 Å². The summed E-state index contributed by atoms with van der Waals surface area (Å²) in [6.07, 6.45) is 0.683. The normalized spacial score (nSPS) is 16.3. The quantitative estimate of drug-likeness (QED) is 0.528. The largest absolute Gasteiger partial charge is 0.496 e. The Morgan fingerprint density at radius 1 is 1.07 bits per heavy atom. The van der Waals surface area contributed by atoms with Crippen LogP contribution in [-0.2, 0) is 16.6 Å². The molecule has 0 atom stereocenters. The van der Waals surface area contributed by atoms with Gasteiger partial charge in [-0.05, 0) is 38.1 Å². The Bertz CT molecular complexity index is 976. The number of rotatable bonds is 6. The van der Waals surface area contributed by atoms with E-state index >= 15 is 0 Å². The van der Waals surface area contributed by atoms with Gasteiger partial charge in [0.15, 0.2) is 0 Å². The van der Waals surface area contributed by atoms with E-state index in [-0.39, 0.29) is 5.69 Å². The summed E-state index contributed by atoms with van der Waals surface area (Å²) in [5.74, 6) is 0.587. The molecule has 0 aromatic heterocycles. The molecule has 1 aliphatic rings. The summed E-state index contributed by atoms with van der Waals surface area (Å²) in [5, 5.41) is 11.1. The van der Waals surface area contributed by atoms with E-state index in [1.54, 1.807) is 30.3 Å². The van der Waals surface area contributed by atoms with Gasteiger partial charge in [-0.1, -0.05) is 17.7 Å². The fourth-order valence-corrected chi connectivity index (χ4v) is 4.92. The number of non-ortho nitro benzene ring substituents is 1. The maximum atomic E-state index is 12.9. The van der Waals surface area contributed by atoms with Gasteiger partial charge in [-0.15, -0.1) is 0 Å². The van der Waals surface area contributed by atoms with Crippen molar-refractivity contribution < 1.29 is 18.1 Å². The number of benzene rings is 2. The molecule has 29 heavy (non-hydrogen) atoms. The zero-order valence-electron chi connectivity index (χ0n) is 16.6. The molecule has 0 unspecified atom stereocenters. The van der Waals surface area contributed by atoms with E-state index in [2.05, 4.69) is 4.90 Å².